The quantitative estimate of drug-likeness (QED) is 0.263. The summed E-state index contributed by atoms with van der Waals surface area (Å²) in [5, 5.41) is 16.8. The molecule has 5 rings (SSSR count). The SMILES string of the molecule is COC[C@H]1CC/C(=C(/C=N)c2nccc(Nc3cc4c(C(C)C)ccc(N5C[C@H](CS(C)(=O)=O)[C@H]5N)c4cn3)n2)N1. The molecule has 0 unspecified atom stereocenters. The molecule has 2 aliphatic heterocycles. The average molecular weight is 579 g/mol. The molecule has 0 aliphatic carbocycles. The first-order valence-corrected chi connectivity index (χ1v) is 15.9. The van der Waals surface area contributed by atoms with Crippen molar-refractivity contribution in [2.75, 3.05) is 42.5 Å². The maximum atomic E-state index is 11.8. The Balaban J connectivity index is 1.43. The van der Waals surface area contributed by atoms with E-state index in [1.54, 1.807) is 19.4 Å². The van der Waals surface area contributed by atoms with Crippen LogP contribution >= 0.6 is 0 Å². The van der Waals surface area contributed by atoms with Gasteiger partial charge in [-0.15, -0.1) is 0 Å². The predicted octanol–water partition coefficient (Wildman–Crippen LogP) is 3.42. The summed E-state index contributed by atoms with van der Waals surface area (Å²) in [6, 6.07) is 8.17. The topological polar surface area (TPSA) is 159 Å². The van der Waals surface area contributed by atoms with Crippen molar-refractivity contribution in [1.82, 2.24) is 20.3 Å². The fourth-order valence-electron chi connectivity index (χ4n) is 5.69. The third-order valence-electron chi connectivity index (χ3n) is 7.75. The molecular formula is C29H38N8O3S. The molecule has 3 aromatic rings. The van der Waals surface area contributed by atoms with Crippen molar-refractivity contribution in [1.29, 1.82) is 5.41 Å². The van der Waals surface area contributed by atoms with Gasteiger partial charge in [-0.05, 0) is 47.9 Å². The number of sulfone groups is 1. The lowest BCUT2D eigenvalue weighted by Crippen LogP contribution is -2.63. The fourth-order valence-corrected chi connectivity index (χ4v) is 6.77. The number of nitrogens with two attached hydrogens (primary N) is 1. The molecule has 0 spiro atoms. The Morgan fingerprint density at radius 3 is 2.76 bits per heavy atom. The van der Waals surface area contributed by atoms with E-state index in [0.717, 1.165) is 35.0 Å². The van der Waals surface area contributed by atoms with Gasteiger partial charge in [-0.3, -0.25) is 0 Å². The fraction of sp³-hybridized carbons (Fsp3) is 0.448. The molecule has 41 heavy (non-hydrogen) atoms. The molecule has 3 atom stereocenters. The van der Waals surface area contributed by atoms with Crippen molar-refractivity contribution >= 4 is 49.7 Å². The molecule has 218 valence electrons. The van der Waals surface area contributed by atoms with Crippen molar-refractivity contribution < 1.29 is 13.2 Å². The lowest BCUT2D eigenvalue weighted by molar-refractivity contribution is 0.174. The van der Waals surface area contributed by atoms with Gasteiger partial charge in [-0.1, -0.05) is 19.9 Å². The second kappa shape index (κ2) is 11.7. The number of aromatic nitrogens is 3. The summed E-state index contributed by atoms with van der Waals surface area (Å²) in [5.41, 5.74) is 10.2. The highest BCUT2D eigenvalue weighted by molar-refractivity contribution is 7.90. The van der Waals surface area contributed by atoms with Gasteiger partial charge in [-0.25, -0.2) is 23.4 Å². The Labute approximate surface area is 241 Å². The zero-order valence-electron chi connectivity index (χ0n) is 23.9. The van der Waals surface area contributed by atoms with Crippen LogP contribution in [0.1, 0.15) is 44.0 Å². The van der Waals surface area contributed by atoms with Crippen LogP contribution in [0.15, 0.2) is 42.4 Å². The number of benzene rings is 1. The van der Waals surface area contributed by atoms with E-state index in [9.17, 15) is 8.42 Å². The van der Waals surface area contributed by atoms with E-state index in [1.807, 2.05) is 17.2 Å². The van der Waals surface area contributed by atoms with Crippen LogP contribution in [0.4, 0.5) is 17.3 Å². The van der Waals surface area contributed by atoms with Gasteiger partial charge in [-0.2, -0.15) is 0 Å². The van der Waals surface area contributed by atoms with Crippen LogP contribution in [0, 0.1) is 11.3 Å². The largest absolute Gasteiger partial charge is 0.383 e. The maximum absolute atomic E-state index is 11.8. The first-order chi connectivity index (χ1) is 19.6. The molecule has 0 saturated carbocycles. The van der Waals surface area contributed by atoms with Crippen molar-refractivity contribution in [3.8, 4) is 0 Å². The minimum absolute atomic E-state index is 0.0834. The van der Waals surface area contributed by atoms with Gasteiger partial charge >= 0.3 is 0 Å². The third kappa shape index (κ3) is 6.19. The Hall–Kier alpha value is -3.61. The highest BCUT2D eigenvalue weighted by Crippen LogP contribution is 2.38. The molecule has 2 aliphatic rings. The van der Waals surface area contributed by atoms with Crippen LogP contribution in [0.3, 0.4) is 0 Å². The van der Waals surface area contributed by atoms with E-state index in [2.05, 4.69) is 41.6 Å². The summed E-state index contributed by atoms with van der Waals surface area (Å²) in [6.07, 6.45) is 7.42. The van der Waals surface area contributed by atoms with E-state index in [1.165, 1.54) is 18.0 Å². The van der Waals surface area contributed by atoms with Crippen molar-refractivity contribution in [2.45, 2.75) is 44.8 Å². The summed E-state index contributed by atoms with van der Waals surface area (Å²) < 4.78 is 28.9. The molecule has 1 aromatic carbocycles. The van der Waals surface area contributed by atoms with Crippen molar-refractivity contribution in [2.24, 2.45) is 11.7 Å². The number of allylic oxidation sites excluding steroid dienone is 2. The van der Waals surface area contributed by atoms with Crippen LogP contribution < -0.4 is 21.3 Å². The molecule has 5 N–H and O–H groups in total. The van der Waals surface area contributed by atoms with E-state index < -0.39 is 9.84 Å². The molecule has 0 amide bonds. The molecule has 2 fully saturated rings. The van der Waals surface area contributed by atoms with Gasteiger partial charge in [0.2, 0.25) is 0 Å². The number of ether oxygens (including phenoxy) is 1. The predicted molar refractivity (Wildman–Crippen MR) is 163 cm³/mol. The first kappa shape index (κ1) is 28.9. The van der Waals surface area contributed by atoms with Gasteiger partial charge in [0.1, 0.15) is 21.5 Å². The number of nitrogens with one attached hydrogen (secondary N) is 3. The number of hydrogen-bond acceptors (Lipinski definition) is 11. The van der Waals surface area contributed by atoms with E-state index in [4.69, 9.17) is 25.8 Å². The summed E-state index contributed by atoms with van der Waals surface area (Å²) in [4.78, 5) is 15.9. The summed E-state index contributed by atoms with van der Waals surface area (Å²) in [7, 11) is -1.42. The van der Waals surface area contributed by atoms with Crippen molar-refractivity contribution in [3.05, 3.63) is 53.7 Å². The van der Waals surface area contributed by atoms with Gasteiger partial charge in [0.25, 0.3) is 0 Å². The number of anilines is 3. The molecule has 4 heterocycles. The average Bonchev–Trinajstić information content (AvgIpc) is 3.38. The molecule has 11 nitrogen and oxygen atoms in total. The minimum Gasteiger partial charge on any atom is -0.383 e. The van der Waals surface area contributed by atoms with Crippen LogP contribution in [0.25, 0.3) is 16.3 Å². The third-order valence-corrected chi connectivity index (χ3v) is 8.78. The zero-order valence-corrected chi connectivity index (χ0v) is 24.7. The van der Waals surface area contributed by atoms with E-state index >= 15 is 0 Å². The summed E-state index contributed by atoms with van der Waals surface area (Å²) in [6.45, 7) is 5.49. The van der Waals surface area contributed by atoms with E-state index in [0.29, 0.717) is 36.2 Å². The Kier molecular flexibility index (Phi) is 8.25. The number of pyridine rings is 1. The Morgan fingerprint density at radius 2 is 2.07 bits per heavy atom. The molecular weight excluding hydrogens is 540 g/mol. The number of rotatable bonds is 10. The van der Waals surface area contributed by atoms with Crippen LogP contribution in [-0.2, 0) is 14.6 Å². The van der Waals surface area contributed by atoms with Crippen LogP contribution in [0.2, 0.25) is 0 Å². The van der Waals surface area contributed by atoms with Gasteiger partial charge in [0.05, 0.1) is 24.1 Å². The Morgan fingerprint density at radius 1 is 1.27 bits per heavy atom. The highest BCUT2D eigenvalue weighted by Gasteiger charge is 2.39. The molecule has 0 radical (unpaired) electrons. The van der Waals surface area contributed by atoms with Crippen LogP contribution in [0.5, 0.6) is 0 Å². The second-order valence-electron chi connectivity index (χ2n) is 11.2. The first-order valence-electron chi connectivity index (χ1n) is 13.8. The summed E-state index contributed by atoms with van der Waals surface area (Å²) >= 11 is 0. The molecule has 0 bridgehead atoms. The number of fused-ring (bicyclic) bond motifs is 1. The standard InChI is InChI=1S/C29H38N8O3S/c1-17(2)20-6-8-25(37-14-18(28(37)31)16-41(4,38)39)23-13-33-27(11-21(20)23)35-26-9-10-32-29(36-26)22(12-30)24-7-5-19(34-24)15-40-3/h6,8-13,17-19,28,30,34H,5,7,14-16,31H2,1-4H3,(H,32,33,35,36)/b24-22+,30-12?/t18-,19-,28+/m1/s1. The summed E-state index contributed by atoms with van der Waals surface area (Å²) in [5.74, 6) is 1.93. The van der Waals surface area contributed by atoms with Crippen LogP contribution in [-0.4, -0.2) is 74.1 Å². The molecule has 2 saturated heterocycles. The van der Waals surface area contributed by atoms with Gasteiger partial charge < -0.3 is 31.4 Å². The maximum Gasteiger partial charge on any atom is 0.164 e. The second-order valence-corrected chi connectivity index (χ2v) is 13.4. The number of nitrogens with zero attached hydrogens (tertiary/aromatic N) is 4. The Bertz CT molecular complexity index is 1590. The molecule has 2 aromatic heterocycles. The highest BCUT2D eigenvalue weighted by atomic mass is 32.2. The molecule has 12 heteroatoms. The number of hydrogen-bond donors (Lipinski definition) is 4. The normalized spacial score (nSPS) is 22.0. The number of methoxy groups -OCH3 is 1. The van der Waals surface area contributed by atoms with Gasteiger partial charge in [0.15, 0.2) is 5.82 Å². The monoisotopic (exact) mass is 578 g/mol. The van der Waals surface area contributed by atoms with Crippen molar-refractivity contribution in [3.63, 3.8) is 0 Å². The zero-order chi connectivity index (χ0) is 29.3. The van der Waals surface area contributed by atoms with Gasteiger partial charge in [0, 0.05) is 67.2 Å². The lowest BCUT2D eigenvalue weighted by Gasteiger charge is -2.47. The smallest absolute Gasteiger partial charge is 0.164 e. The lowest BCUT2D eigenvalue weighted by atomic mass is 9.92. The van der Waals surface area contributed by atoms with E-state index in [-0.39, 0.29) is 29.8 Å². The minimum atomic E-state index is -3.10.